The van der Waals surface area contributed by atoms with Crippen LogP contribution in [-0.4, -0.2) is 18.9 Å². The van der Waals surface area contributed by atoms with Gasteiger partial charge in [-0.1, -0.05) is 24.3 Å². The van der Waals surface area contributed by atoms with Gasteiger partial charge in [0.1, 0.15) is 5.75 Å². The maximum absolute atomic E-state index is 11.7. The second-order valence-corrected chi connectivity index (χ2v) is 4.96. The fourth-order valence-corrected chi connectivity index (χ4v) is 1.90. The van der Waals surface area contributed by atoms with E-state index in [-0.39, 0.29) is 13.1 Å². The third-order valence-electron chi connectivity index (χ3n) is 3.25. The summed E-state index contributed by atoms with van der Waals surface area (Å²) in [4.78, 5) is 23.5. The molecule has 0 bridgehead atoms. The highest BCUT2D eigenvalue weighted by molar-refractivity contribution is 6.35. The molecule has 4 N–H and O–H groups in total. The van der Waals surface area contributed by atoms with E-state index in [2.05, 4.69) is 10.6 Å². The number of nitrogens with one attached hydrogen (secondary N) is 2. The van der Waals surface area contributed by atoms with Crippen molar-refractivity contribution in [1.82, 2.24) is 10.6 Å². The molecule has 2 amide bonds. The maximum atomic E-state index is 11.7. The highest BCUT2D eigenvalue weighted by Gasteiger charge is 2.12. The summed E-state index contributed by atoms with van der Waals surface area (Å²) in [6.45, 7) is 0.549. The fourth-order valence-electron chi connectivity index (χ4n) is 1.90. The van der Waals surface area contributed by atoms with E-state index in [1.54, 1.807) is 43.5 Å². The first-order valence-electron chi connectivity index (χ1n) is 7.12. The molecule has 0 fully saturated rings. The summed E-state index contributed by atoms with van der Waals surface area (Å²) in [5.74, 6) is -0.604. The van der Waals surface area contributed by atoms with Crippen molar-refractivity contribution in [2.45, 2.75) is 13.1 Å². The third-order valence-corrected chi connectivity index (χ3v) is 3.25. The number of nitrogens with two attached hydrogens (primary N) is 1. The summed E-state index contributed by atoms with van der Waals surface area (Å²) in [5, 5.41) is 5.13. The van der Waals surface area contributed by atoms with Crippen LogP contribution in [0.15, 0.2) is 48.5 Å². The number of carbonyl (C=O) groups is 2. The molecule has 0 aromatic heterocycles. The monoisotopic (exact) mass is 313 g/mol. The SMILES string of the molecule is COc1ccc(CNC(=O)C(=O)NCc2ccc(N)cc2)cc1. The second kappa shape index (κ2) is 7.84. The van der Waals surface area contributed by atoms with Gasteiger partial charge in [-0.05, 0) is 35.4 Å². The number of carbonyl (C=O) groups excluding carboxylic acids is 2. The van der Waals surface area contributed by atoms with Crippen LogP contribution in [0.25, 0.3) is 0 Å². The van der Waals surface area contributed by atoms with Crippen LogP contribution < -0.4 is 21.1 Å². The Balaban J connectivity index is 1.77. The van der Waals surface area contributed by atoms with Crippen molar-refractivity contribution in [1.29, 1.82) is 0 Å². The smallest absolute Gasteiger partial charge is 0.309 e. The summed E-state index contributed by atoms with van der Waals surface area (Å²) in [5.41, 5.74) is 7.99. The number of nitrogen functional groups attached to an aromatic ring is 1. The van der Waals surface area contributed by atoms with Gasteiger partial charge in [0.05, 0.1) is 7.11 Å². The highest BCUT2D eigenvalue weighted by atomic mass is 16.5. The molecule has 0 aliphatic heterocycles. The van der Waals surface area contributed by atoms with Crippen LogP contribution in [0.1, 0.15) is 11.1 Å². The first-order chi connectivity index (χ1) is 11.1. The second-order valence-electron chi connectivity index (χ2n) is 4.96. The third kappa shape index (κ3) is 5.03. The summed E-state index contributed by atoms with van der Waals surface area (Å²) >= 11 is 0. The number of ether oxygens (including phenoxy) is 1. The summed E-state index contributed by atoms with van der Waals surface area (Å²) in [6.07, 6.45) is 0. The van der Waals surface area contributed by atoms with Gasteiger partial charge in [-0.2, -0.15) is 0 Å². The van der Waals surface area contributed by atoms with Gasteiger partial charge in [0.2, 0.25) is 0 Å². The molecule has 6 heteroatoms. The van der Waals surface area contributed by atoms with Crippen LogP contribution in [0.4, 0.5) is 5.69 Å². The van der Waals surface area contributed by atoms with Gasteiger partial charge in [-0.3, -0.25) is 9.59 Å². The van der Waals surface area contributed by atoms with Crippen LogP contribution in [0.5, 0.6) is 5.75 Å². The predicted molar refractivity (Wildman–Crippen MR) is 87.5 cm³/mol. The minimum absolute atomic E-state index is 0.273. The summed E-state index contributed by atoms with van der Waals surface area (Å²) in [7, 11) is 1.59. The van der Waals surface area contributed by atoms with E-state index in [4.69, 9.17) is 10.5 Å². The lowest BCUT2D eigenvalue weighted by atomic mass is 10.2. The molecule has 6 nitrogen and oxygen atoms in total. The standard InChI is InChI=1S/C17H19N3O3/c1-23-15-8-4-13(5-9-15)11-20-17(22)16(21)19-10-12-2-6-14(18)7-3-12/h2-9H,10-11,18H2,1H3,(H,19,21)(H,20,22). The Bertz CT molecular complexity index is 666. The first-order valence-corrected chi connectivity index (χ1v) is 7.12. The molecule has 120 valence electrons. The van der Waals surface area contributed by atoms with Crippen LogP contribution >= 0.6 is 0 Å². The van der Waals surface area contributed by atoms with E-state index in [0.29, 0.717) is 5.69 Å². The van der Waals surface area contributed by atoms with Crippen LogP contribution in [0.3, 0.4) is 0 Å². The Kier molecular flexibility index (Phi) is 5.57. The van der Waals surface area contributed by atoms with E-state index in [9.17, 15) is 9.59 Å². The molecule has 0 spiro atoms. The average molecular weight is 313 g/mol. The molecule has 0 radical (unpaired) electrons. The van der Waals surface area contributed by atoms with Crippen LogP contribution in [0, 0.1) is 0 Å². The lowest BCUT2D eigenvalue weighted by molar-refractivity contribution is -0.139. The van der Waals surface area contributed by atoms with E-state index in [1.165, 1.54) is 0 Å². The zero-order chi connectivity index (χ0) is 16.7. The van der Waals surface area contributed by atoms with Crippen molar-refractivity contribution >= 4 is 17.5 Å². The van der Waals surface area contributed by atoms with Crippen LogP contribution in [-0.2, 0) is 22.7 Å². The molecule has 0 aliphatic rings. The van der Waals surface area contributed by atoms with E-state index >= 15 is 0 Å². The number of hydrogen-bond donors (Lipinski definition) is 3. The van der Waals surface area contributed by atoms with Crippen molar-refractivity contribution in [2.75, 3.05) is 12.8 Å². The molecule has 0 atom stereocenters. The van der Waals surface area contributed by atoms with Gasteiger partial charge in [0.15, 0.2) is 0 Å². The lowest BCUT2D eigenvalue weighted by Crippen LogP contribution is -2.39. The Hall–Kier alpha value is -3.02. The highest BCUT2D eigenvalue weighted by Crippen LogP contribution is 2.10. The normalized spacial score (nSPS) is 9.96. The van der Waals surface area contributed by atoms with Crippen molar-refractivity contribution < 1.29 is 14.3 Å². The molecule has 0 saturated heterocycles. The number of rotatable bonds is 5. The molecule has 0 unspecified atom stereocenters. The first kappa shape index (κ1) is 16.4. The van der Waals surface area contributed by atoms with Gasteiger partial charge in [-0.25, -0.2) is 0 Å². The van der Waals surface area contributed by atoms with Crippen LogP contribution in [0.2, 0.25) is 0 Å². The molecule has 23 heavy (non-hydrogen) atoms. The number of methoxy groups -OCH3 is 1. The molecule has 0 aliphatic carbocycles. The van der Waals surface area contributed by atoms with Gasteiger partial charge >= 0.3 is 11.8 Å². The maximum Gasteiger partial charge on any atom is 0.309 e. The minimum Gasteiger partial charge on any atom is -0.497 e. The Labute approximate surface area is 134 Å². The van der Waals surface area contributed by atoms with Gasteiger partial charge in [-0.15, -0.1) is 0 Å². The molecule has 2 aromatic rings. The molecule has 2 rings (SSSR count). The fraction of sp³-hybridized carbons (Fsp3) is 0.176. The topological polar surface area (TPSA) is 93.4 Å². The van der Waals surface area contributed by atoms with Crippen molar-refractivity contribution in [3.8, 4) is 5.75 Å². The van der Waals surface area contributed by atoms with Crippen molar-refractivity contribution in [2.24, 2.45) is 0 Å². The zero-order valence-electron chi connectivity index (χ0n) is 12.8. The molecule has 0 saturated carbocycles. The number of amides is 2. The van der Waals surface area contributed by atoms with Crippen molar-refractivity contribution in [3.05, 3.63) is 59.7 Å². The number of anilines is 1. The molecule has 2 aromatic carbocycles. The van der Waals surface area contributed by atoms with Gasteiger partial charge < -0.3 is 21.1 Å². The summed E-state index contributed by atoms with van der Waals surface area (Å²) < 4.78 is 5.06. The van der Waals surface area contributed by atoms with Crippen molar-refractivity contribution in [3.63, 3.8) is 0 Å². The van der Waals surface area contributed by atoms with E-state index < -0.39 is 11.8 Å². The Morgan fingerprint density at radius 3 is 1.74 bits per heavy atom. The molecular weight excluding hydrogens is 294 g/mol. The van der Waals surface area contributed by atoms with Gasteiger partial charge in [0.25, 0.3) is 0 Å². The lowest BCUT2D eigenvalue weighted by Gasteiger charge is -2.07. The molecular formula is C17H19N3O3. The Morgan fingerprint density at radius 2 is 1.30 bits per heavy atom. The quantitative estimate of drug-likeness (QED) is 0.571. The minimum atomic E-state index is -0.671. The van der Waals surface area contributed by atoms with E-state index in [0.717, 1.165) is 16.9 Å². The zero-order valence-corrected chi connectivity index (χ0v) is 12.8. The largest absolute Gasteiger partial charge is 0.497 e. The number of benzene rings is 2. The average Bonchev–Trinajstić information content (AvgIpc) is 2.59. The number of hydrogen-bond acceptors (Lipinski definition) is 4. The molecule has 0 heterocycles. The Morgan fingerprint density at radius 1 is 0.870 bits per heavy atom. The van der Waals surface area contributed by atoms with Gasteiger partial charge in [0, 0.05) is 18.8 Å². The summed E-state index contributed by atoms with van der Waals surface area (Å²) in [6, 6.07) is 14.3. The van der Waals surface area contributed by atoms with E-state index in [1.807, 2.05) is 12.1 Å². The predicted octanol–water partition coefficient (Wildman–Crippen LogP) is 1.21.